The number of para-hydroxylation sites is 1. The molecule has 2 aliphatic rings. The van der Waals surface area contributed by atoms with E-state index in [0.29, 0.717) is 0 Å². The van der Waals surface area contributed by atoms with Gasteiger partial charge in [-0.25, -0.2) is 0 Å². The number of likely N-dealkylation sites (N-methyl/N-ethyl adjacent to an activating group) is 1. The van der Waals surface area contributed by atoms with Gasteiger partial charge in [0.25, 0.3) is 0 Å². The Morgan fingerprint density at radius 2 is 1.62 bits per heavy atom. The van der Waals surface area contributed by atoms with Crippen LogP contribution in [-0.4, -0.2) is 11.9 Å². The molecular weight excluding hydrogens is 334 g/mol. The molecule has 0 aromatic heterocycles. The van der Waals surface area contributed by atoms with E-state index >= 15 is 0 Å². The van der Waals surface area contributed by atoms with Crippen molar-refractivity contribution < 1.29 is 0 Å². The molecular formula is C24H23NS. The lowest BCUT2D eigenvalue weighted by Crippen LogP contribution is -2.50. The Morgan fingerprint density at radius 3 is 2.38 bits per heavy atom. The summed E-state index contributed by atoms with van der Waals surface area (Å²) < 4.78 is 0. The average Bonchev–Trinajstić information content (AvgIpc) is 2.82. The second kappa shape index (κ2) is 5.17. The van der Waals surface area contributed by atoms with Crippen LogP contribution in [0.25, 0.3) is 16.8 Å². The quantitative estimate of drug-likeness (QED) is 0.458. The van der Waals surface area contributed by atoms with Gasteiger partial charge in [0.05, 0.1) is 0 Å². The Morgan fingerprint density at radius 1 is 0.923 bits per heavy atom. The van der Waals surface area contributed by atoms with Crippen molar-refractivity contribution in [2.45, 2.75) is 36.0 Å². The highest BCUT2D eigenvalue weighted by Gasteiger charge is 2.55. The first-order valence-electron chi connectivity index (χ1n) is 9.20. The molecule has 1 nitrogen and oxygen atoms in total. The molecule has 1 unspecified atom stereocenters. The molecule has 3 aromatic carbocycles. The second-order valence-electron chi connectivity index (χ2n) is 7.99. The molecule has 2 heteroatoms. The van der Waals surface area contributed by atoms with Gasteiger partial charge in [0, 0.05) is 23.0 Å². The third-order valence-electron chi connectivity index (χ3n) is 6.31. The van der Waals surface area contributed by atoms with Crippen molar-refractivity contribution in [2.75, 3.05) is 11.9 Å². The molecule has 1 atom stereocenters. The molecule has 0 saturated heterocycles. The summed E-state index contributed by atoms with van der Waals surface area (Å²) in [6.07, 6.45) is 4.77. The molecule has 2 heterocycles. The number of hydrogen-bond donors (Lipinski definition) is 0. The van der Waals surface area contributed by atoms with E-state index < -0.39 is 0 Å². The second-order valence-corrected chi connectivity index (χ2v) is 9.23. The first kappa shape index (κ1) is 16.0. The minimum absolute atomic E-state index is 0.0171. The van der Waals surface area contributed by atoms with Gasteiger partial charge in [-0.15, -0.1) is 0 Å². The zero-order valence-electron chi connectivity index (χ0n) is 15.7. The smallest absolute Gasteiger partial charge is 0.119 e. The number of hydrogen-bond acceptors (Lipinski definition) is 2. The zero-order chi connectivity index (χ0) is 18.1. The van der Waals surface area contributed by atoms with Gasteiger partial charge in [-0.1, -0.05) is 80.2 Å². The summed E-state index contributed by atoms with van der Waals surface area (Å²) in [6, 6.07) is 20.0. The van der Waals surface area contributed by atoms with Crippen LogP contribution in [-0.2, 0) is 5.41 Å². The Bertz CT molecular complexity index is 1080. The normalized spacial score (nSPS) is 22.7. The first-order chi connectivity index (χ1) is 12.5. The van der Waals surface area contributed by atoms with Crippen molar-refractivity contribution in [1.29, 1.82) is 0 Å². The van der Waals surface area contributed by atoms with Gasteiger partial charge in [0.2, 0.25) is 0 Å². The fourth-order valence-electron chi connectivity index (χ4n) is 4.79. The third kappa shape index (κ3) is 1.83. The van der Waals surface area contributed by atoms with Crippen molar-refractivity contribution in [1.82, 2.24) is 0 Å². The maximum atomic E-state index is 2.47. The number of fused-ring (bicyclic) bond motifs is 4. The Hall–Kier alpha value is -2.19. The topological polar surface area (TPSA) is 3.24 Å². The molecule has 1 spiro atoms. The average molecular weight is 358 g/mol. The lowest BCUT2D eigenvalue weighted by molar-refractivity contribution is 0.451. The predicted octanol–water partition coefficient (Wildman–Crippen LogP) is 6.39. The zero-order valence-corrected chi connectivity index (χ0v) is 16.5. The van der Waals surface area contributed by atoms with Crippen molar-refractivity contribution in [2.24, 2.45) is 0 Å². The van der Waals surface area contributed by atoms with E-state index in [-0.39, 0.29) is 10.3 Å². The monoisotopic (exact) mass is 357 g/mol. The summed E-state index contributed by atoms with van der Waals surface area (Å²) in [4.78, 5) is 3.77. The number of aryl methyl sites for hydroxylation is 1. The van der Waals surface area contributed by atoms with Crippen LogP contribution in [0, 0.1) is 6.92 Å². The Balaban J connectivity index is 1.76. The van der Waals surface area contributed by atoms with E-state index in [1.165, 1.54) is 38.0 Å². The maximum Gasteiger partial charge on any atom is 0.119 e. The van der Waals surface area contributed by atoms with E-state index in [0.717, 1.165) is 0 Å². The molecule has 0 fully saturated rings. The van der Waals surface area contributed by atoms with Crippen molar-refractivity contribution in [3.8, 4) is 0 Å². The number of rotatable bonds is 0. The van der Waals surface area contributed by atoms with E-state index in [2.05, 4.69) is 99.5 Å². The Labute approximate surface area is 159 Å². The fourth-order valence-corrected chi connectivity index (χ4v) is 6.37. The number of benzene rings is 3. The van der Waals surface area contributed by atoms with Crippen molar-refractivity contribution in [3.05, 3.63) is 77.4 Å². The van der Waals surface area contributed by atoms with Gasteiger partial charge in [-0.2, -0.15) is 0 Å². The molecule has 3 aromatic rings. The van der Waals surface area contributed by atoms with Crippen LogP contribution in [0.3, 0.4) is 0 Å². The summed E-state index contributed by atoms with van der Waals surface area (Å²) in [6.45, 7) is 6.98. The maximum absolute atomic E-state index is 2.47. The van der Waals surface area contributed by atoms with Gasteiger partial charge in [0.1, 0.15) is 4.87 Å². The molecule has 0 radical (unpaired) electrons. The standard InChI is InChI=1S/C24H23NS/c1-16-15-17-13-14-24(26-22(17)19-10-6-5-9-18(16)19)23(2,3)20-11-7-8-12-21(20)25(24)4/h5-15H,1-4H3. The first-order valence-corrected chi connectivity index (χ1v) is 10.0. The van der Waals surface area contributed by atoms with Gasteiger partial charge in [-0.05, 0) is 46.5 Å². The molecule has 0 amide bonds. The van der Waals surface area contributed by atoms with Crippen LogP contribution in [0.2, 0.25) is 0 Å². The fraction of sp³-hybridized carbons (Fsp3) is 0.250. The van der Waals surface area contributed by atoms with Gasteiger partial charge >= 0.3 is 0 Å². The van der Waals surface area contributed by atoms with Crippen LogP contribution in [0.4, 0.5) is 5.69 Å². The van der Waals surface area contributed by atoms with Crippen LogP contribution >= 0.6 is 11.8 Å². The summed E-state index contributed by atoms with van der Waals surface area (Å²) in [5, 5.41) is 2.73. The largest absolute Gasteiger partial charge is 0.355 e. The SMILES string of the molecule is Cc1cc2c(c3ccccc13)SC1(C=C2)N(C)c2ccccc2C1(C)C. The van der Waals surface area contributed by atoms with E-state index in [9.17, 15) is 0 Å². The Kier molecular flexibility index (Phi) is 3.19. The summed E-state index contributed by atoms with van der Waals surface area (Å²) in [7, 11) is 2.24. The molecule has 0 bridgehead atoms. The highest BCUT2D eigenvalue weighted by molar-refractivity contribution is 8.01. The molecule has 0 N–H and O–H groups in total. The molecule has 5 rings (SSSR count). The molecule has 130 valence electrons. The van der Waals surface area contributed by atoms with Crippen LogP contribution in [0.15, 0.2) is 65.6 Å². The summed E-state index contributed by atoms with van der Waals surface area (Å²) >= 11 is 2.02. The molecule has 26 heavy (non-hydrogen) atoms. The highest BCUT2D eigenvalue weighted by atomic mass is 32.2. The molecule has 0 aliphatic carbocycles. The highest BCUT2D eigenvalue weighted by Crippen LogP contribution is 2.61. The van der Waals surface area contributed by atoms with Gasteiger partial charge in [0.15, 0.2) is 0 Å². The van der Waals surface area contributed by atoms with E-state index in [4.69, 9.17) is 0 Å². The number of nitrogens with zero attached hydrogens (tertiary/aromatic N) is 1. The van der Waals surface area contributed by atoms with Gasteiger partial charge in [-0.3, -0.25) is 0 Å². The number of anilines is 1. The van der Waals surface area contributed by atoms with E-state index in [1.54, 1.807) is 0 Å². The van der Waals surface area contributed by atoms with Crippen molar-refractivity contribution in [3.63, 3.8) is 0 Å². The summed E-state index contributed by atoms with van der Waals surface area (Å²) in [5.41, 5.74) is 5.48. The predicted molar refractivity (Wildman–Crippen MR) is 114 cm³/mol. The molecule has 0 saturated carbocycles. The van der Waals surface area contributed by atoms with Crippen LogP contribution < -0.4 is 4.90 Å². The van der Waals surface area contributed by atoms with Crippen LogP contribution in [0.5, 0.6) is 0 Å². The minimum Gasteiger partial charge on any atom is -0.355 e. The van der Waals surface area contributed by atoms with Gasteiger partial charge < -0.3 is 4.90 Å². The lowest BCUT2D eigenvalue weighted by Gasteiger charge is -2.46. The molecule has 2 aliphatic heterocycles. The van der Waals surface area contributed by atoms with Crippen LogP contribution in [0.1, 0.15) is 30.5 Å². The van der Waals surface area contributed by atoms with E-state index in [1.807, 2.05) is 11.8 Å². The summed E-state index contributed by atoms with van der Waals surface area (Å²) in [5.74, 6) is 0. The van der Waals surface area contributed by atoms with Crippen molar-refractivity contribution >= 4 is 34.3 Å². The lowest BCUT2D eigenvalue weighted by atomic mass is 9.79. The minimum atomic E-state index is -0.109. The third-order valence-corrected chi connectivity index (χ3v) is 8.20. The number of thioether (sulfide) groups is 1.